The number of para-hydroxylation sites is 4. The average Bonchev–Trinajstić information content (AvgIpc) is 1.56. The Kier molecular flexibility index (Phi) is 13.3. The van der Waals surface area contributed by atoms with Gasteiger partial charge in [-0.15, -0.1) is 22.7 Å². The second-order valence-corrected chi connectivity index (χ2v) is 28.7. The zero-order valence-corrected chi connectivity index (χ0v) is 56.9. The van der Waals surface area contributed by atoms with Gasteiger partial charge in [-0.2, -0.15) is 0 Å². The van der Waals surface area contributed by atoms with Crippen molar-refractivity contribution in [3.63, 3.8) is 0 Å². The van der Waals surface area contributed by atoms with Gasteiger partial charge in [0.1, 0.15) is 0 Å². The number of nitrogens with zero attached hydrogens (tertiary/aromatic N) is 4. The van der Waals surface area contributed by atoms with Crippen molar-refractivity contribution < 1.29 is 0 Å². The molecular formula is C96H60N4S2. The summed E-state index contributed by atoms with van der Waals surface area (Å²) in [7, 11) is 0. The van der Waals surface area contributed by atoms with Crippen molar-refractivity contribution in [2.45, 2.75) is 0 Å². The van der Waals surface area contributed by atoms with E-state index in [2.05, 4.69) is 382 Å². The summed E-state index contributed by atoms with van der Waals surface area (Å²) < 4.78 is 15.1. The fourth-order valence-electron chi connectivity index (χ4n) is 16.7. The first kappa shape index (κ1) is 58.2. The van der Waals surface area contributed by atoms with Crippen LogP contribution in [0.5, 0.6) is 0 Å². The molecule has 0 aliphatic rings. The maximum Gasteiger partial charge on any atom is 0.0555 e. The Labute approximate surface area is 595 Å². The Morgan fingerprint density at radius 2 is 0.471 bits per heavy atom. The molecule has 6 heterocycles. The third-order valence-corrected chi connectivity index (χ3v) is 23.3. The van der Waals surface area contributed by atoms with E-state index in [1.165, 1.54) is 183 Å². The summed E-state index contributed by atoms with van der Waals surface area (Å²) in [6.45, 7) is 0. The van der Waals surface area contributed by atoms with Crippen LogP contribution in [0.25, 0.3) is 195 Å². The highest BCUT2D eigenvalue weighted by molar-refractivity contribution is 7.26. The second-order valence-electron chi connectivity index (χ2n) is 26.6. The predicted octanol–water partition coefficient (Wildman–Crippen LogP) is 27.2. The summed E-state index contributed by atoms with van der Waals surface area (Å²) in [6, 6.07) is 133. The Morgan fingerprint density at radius 3 is 0.931 bits per heavy atom. The molecule has 0 aliphatic heterocycles. The van der Waals surface area contributed by atoms with Crippen LogP contribution in [0.4, 0.5) is 0 Å². The molecule has 0 aliphatic carbocycles. The number of hydrogen-bond donors (Lipinski definition) is 0. The molecule has 22 aromatic rings. The molecule has 0 N–H and O–H groups in total. The Bertz CT molecular complexity index is 7100. The molecule has 102 heavy (non-hydrogen) atoms. The highest BCUT2D eigenvalue weighted by Gasteiger charge is 2.25. The summed E-state index contributed by atoms with van der Waals surface area (Å²) >= 11 is 3.74. The van der Waals surface area contributed by atoms with Crippen molar-refractivity contribution >= 4 is 150 Å². The lowest BCUT2D eigenvalue weighted by Gasteiger charge is -2.12. The van der Waals surface area contributed by atoms with E-state index in [1.54, 1.807) is 0 Å². The molecule has 6 heteroatoms. The fraction of sp³-hybridized carbons (Fsp3) is 0. The number of benzene rings is 16. The SMILES string of the molecule is c1ccc(-c2ccc(-n3c4ccccc4c4c(-c5cccc6c5c5ccccc5n6-c5ccc6c(c5)sc5ccccc56)cccc43)cc2)cc1.c1ccc(-c2ccc(-n3c4ccccc4c4c(-c5cccc6c5c5ccccc5n6-c5cccc6sc7ccccc7c56)cccc43)cc2)cc1. The highest BCUT2D eigenvalue weighted by atomic mass is 32.1. The molecule has 0 spiro atoms. The lowest BCUT2D eigenvalue weighted by molar-refractivity contribution is 1.18. The third-order valence-electron chi connectivity index (χ3n) is 21.1. The minimum absolute atomic E-state index is 1.16. The van der Waals surface area contributed by atoms with Gasteiger partial charge in [-0.3, -0.25) is 0 Å². The first-order valence-corrected chi connectivity index (χ1v) is 36.5. The van der Waals surface area contributed by atoms with Gasteiger partial charge >= 0.3 is 0 Å². The Morgan fingerprint density at radius 1 is 0.167 bits per heavy atom. The van der Waals surface area contributed by atoms with Gasteiger partial charge < -0.3 is 18.3 Å². The maximum absolute atomic E-state index is 2.49. The zero-order chi connectivity index (χ0) is 66.9. The van der Waals surface area contributed by atoms with E-state index in [0.717, 1.165) is 11.4 Å². The van der Waals surface area contributed by atoms with Crippen molar-refractivity contribution in [2.24, 2.45) is 0 Å². The van der Waals surface area contributed by atoms with E-state index in [1.807, 2.05) is 22.7 Å². The molecule has 16 aromatic carbocycles. The lowest BCUT2D eigenvalue weighted by Crippen LogP contribution is -1.94. The quantitative estimate of drug-likeness (QED) is 0.144. The minimum atomic E-state index is 1.16. The van der Waals surface area contributed by atoms with Crippen LogP contribution < -0.4 is 0 Å². The number of rotatable bonds is 8. The van der Waals surface area contributed by atoms with Crippen LogP contribution in [0.2, 0.25) is 0 Å². The van der Waals surface area contributed by atoms with E-state index >= 15 is 0 Å². The first-order valence-electron chi connectivity index (χ1n) is 34.9. The molecule has 0 bridgehead atoms. The molecule has 0 radical (unpaired) electrons. The van der Waals surface area contributed by atoms with Crippen molar-refractivity contribution in [3.05, 3.63) is 364 Å². The van der Waals surface area contributed by atoms with Gasteiger partial charge in [0.15, 0.2) is 0 Å². The van der Waals surface area contributed by atoms with Crippen LogP contribution in [0.1, 0.15) is 0 Å². The fourth-order valence-corrected chi connectivity index (χ4v) is 19.0. The normalized spacial score (nSPS) is 11.9. The standard InChI is InChI=1S/2C48H30N2S/c1-2-13-31(14-3-1)32-27-29-33(30-28-32)49-39-20-7-4-15-36(39)46-34(18-10-22-41(46)49)35-19-11-23-42-47(35)37-16-5-8-21-40(37)50(42)43-24-12-26-45-48(43)38-17-6-9-25-44(38)51-45;1-2-12-31(13-3-1)32-24-26-33(27-25-32)49-41-19-7-4-15-39(41)47-37(17-10-21-43(47)49)38-18-11-22-44-48(38)40-16-5-8-20-42(40)50(44)34-28-29-36-35-14-6-9-23-45(35)51-46(36)30-34/h2*1-30H. The molecule has 0 fully saturated rings. The van der Waals surface area contributed by atoms with Crippen molar-refractivity contribution in [2.75, 3.05) is 0 Å². The third kappa shape index (κ3) is 9.00. The van der Waals surface area contributed by atoms with Gasteiger partial charge in [0, 0.05) is 100 Å². The summed E-state index contributed by atoms with van der Waals surface area (Å²) in [5.74, 6) is 0. The lowest BCUT2D eigenvalue weighted by atomic mass is 9.95. The van der Waals surface area contributed by atoms with Gasteiger partial charge in [0.05, 0.1) is 49.8 Å². The molecular weight excluding hydrogens is 1270 g/mol. The van der Waals surface area contributed by atoms with Crippen LogP contribution in [0.15, 0.2) is 364 Å². The average molecular weight is 1330 g/mol. The van der Waals surface area contributed by atoms with Gasteiger partial charge in [0.2, 0.25) is 0 Å². The zero-order valence-electron chi connectivity index (χ0n) is 55.2. The molecule has 4 nitrogen and oxygen atoms in total. The Hall–Kier alpha value is -12.8. The summed E-state index contributed by atoms with van der Waals surface area (Å²) in [4.78, 5) is 0. The van der Waals surface area contributed by atoms with Gasteiger partial charge in [-0.1, -0.05) is 255 Å². The maximum atomic E-state index is 2.49. The smallest absolute Gasteiger partial charge is 0.0555 e. The van der Waals surface area contributed by atoms with Crippen molar-refractivity contribution in [1.29, 1.82) is 0 Å². The Balaban J connectivity index is 0.000000133. The van der Waals surface area contributed by atoms with Crippen LogP contribution in [-0.2, 0) is 0 Å². The van der Waals surface area contributed by atoms with E-state index in [9.17, 15) is 0 Å². The summed E-state index contributed by atoms with van der Waals surface area (Å²) in [5.41, 5.74) is 24.3. The largest absolute Gasteiger partial charge is 0.309 e. The molecule has 22 rings (SSSR count). The number of fused-ring (bicyclic) bond motifs is 18. The van der Waals surface area contributed by atoms with E-state index in [-0.39, 0.29) is 0 Å². The van der Waals surface area contributed by atoms with Crippen LogP contribution in [-0.4, -0.2) is 18.3 Å². The molecule has 0 amide bonds. The van der Waals surface area contributed by atoms with Gasteiger partial charge in [0.25, 0.3) is 0 Å². The minimum Gasteiger partial charge on any atom is -0.309 e. The van der Waals surface area contributed by atoms with Crippen molar-refractivity contribution in [3.8, 4) is 67.3 Å². The van der Waals surface area contributed by atoms with E-state index in [4.69, 9.17) is 0 Å². The molecule has 0 saturated heterocycles. The van der Waals surface area contributed by atoms with Gasteiger partial charge in [-0.05, 0) is 154 Å². The highest BCUT2D eigenvalue weighted by Crippen LogP contribution is 2.49. The molecule has 0 unspecified atom stereocenters. The second kappa shape index (κ2) is 23.4. The van der Waals surface area contributed by atoms with Crippen LogP contribution in [0.3, 0.4) is 0 Å². The van der Waals surface area contributed by atoms with Crippen LogP contribution in [0, 0.1) is 0 Å². The van der Waals surface area contributed by atoms with Crippen LogP contribution >= 0.6 is 22.7 Å². The summed E-state index contributed by atoms with van der Waals surface area (Å²) in [6.07, 6.45) is 0. The number of hydrogen-bond acceptors (Lipinski definition) is 2. The topological polar surface area (TPSA) is 19.7 Å². The predicted molar refractivity (Wildman–Crippen MR) is 438 cm³/mol. The number of thiophene rings is 2. The molecule has 6 aromatic heterocycles. The molecule has 0 saturated carbocycles. The summed E-state index contributed by atoms with van der Waals surface area (Å²) in [5, 5.41) is 15.4. The first-order chi connectivity index (χ1) is 50.6. The van der Waals surface area contributed by atoms with Gasteiger partial charge in [-0.25, -0.2) is 0 Å². The molecule has 476 valence electrons. The van der Waals surface area contributed by atoms with E-state index < -0.39 is 0 Å². The molecule has 0 atom stereocenters. The number of aromatic nitrogens is 4. The van der Waals surface area contributed by atoms with E-state index in [0.29, 0.717) is 0 Å². The monoisotopic (exact) mass is 1330 g/mol. The van der Waals surface area contributed by atoms with Crippen molar-refractivity contribution in [1.82, 2.24) is 18.3 Å².